The Bertz CT molecular complexity index is 4140. The standard InChI is InChI=1S/C61H35F3N6/c1-66-44-33-42(32-43(36-44)61(62,63)64)45-30-31-57(69-55-24-10-8-18-46(55)48-28-26-40(34-58(48)69)53-22-12-20-51(67-53)38-14-4-2-5-15-38)50(37-65)60(45)70-56-25-11-9-19-47(56)49-29-27-41(35-59(49)70)54-23-13-21-52(68-54)39-16-6-3-7-17-39/h2-36H. The Labute approximate surface area is 399 Å². The van der Waals surface area contributed by atoms with E-state index in [-0.39, 0.29) is 16.8 Å². The van der Waals surface area contributed by atoms with Crippen molar-refractivity contribution in [2.24, 2.45) is 0 Å². The van der Waals surface area contributed by atoms with Crippen LogP contribution in [0.1, 0.15) is 11.1 Å². The summed E-state index contributed by atoms with van der Waals surface area (Å²) in [6, 6.07) is 69.4. The molecule has 0 bridgehead atoms. The molecule has 0 saturated heterocycles. The minimum atomic E-state index is -4.74. The second-order valence-corrected chi connectivity index (χ2v) is 17.1. The fraction of sp³-hybridized carbons (Fsp3) is 0.0164. The highest BCUT2D eigenvalue weighted by atomic mass is 19.4. The third-order valence-corrected chi connectivity index (χ3v) is 13.0. The quantitative estimate of drug-likeness (QED) is 0.150. The Morgan fingerprint density at radius 2 is 0.929 bits per heavy atom. The van der Waals surface area contributed by atoms with Crippen LogP contribution in [0.15, 0.2) is 212 Å². The van der Waals surface area contributed by atoms with Gasteiger partial charge < -0.3 is 9.13 Å². The Morgan fingerprint density at radius 1 is 0.443 bits per heavy atom. The summed E-state index contributed by atoms with van der Waals surface area (Å²) in [4.78, 5) is 13.6. The number of pyridine rings is 2. The van der Waals surface area contributed by atoms with Gasteiger partial charge in [-0.25, -0.2) is 14.8 Å². The van der Waals surface area contributed by atoms with E-state index in [9.17, 15) is 18.4 Å². The van der Waals surface area contributed by atoms with Gasteiger partial charge in [0.15, 0.2) is 5.69 Å². The summed E-state index contributed by atoms with van der Waals surface area (Å²) in [7, 11) is 0. The van der Waals surface area contributed by atoms with Gasteiger partial charge in [0, 0.05) is 54.9 Å². The van der Waals surface area contributed by atoms with Crippen LogP contribution in [0.3, 0.4) is 0 Å². The molecule has 12 aromatic rings. The molecule has 4 heterocycles. The first kappa shape index (κ1) is 41.8. The first-order valence-electron chi connectivity index (χ1n) is 22.6. The smallest absolute Gasteiger partial charge is 0.308 e. The third-order valence-electron chi connectivity index (χ3n) is 13.0. The number of nitrogens with zero attached hydrogens (tertiary/aromatic N) is 6. The fourth-order valence-electron chi connectivity index (χ4n) is 9.83. The highest BCUT2D eigenvalue weighted by Gasteiger charge is 2.32. The molecule has 8 aromatic carbocycles. The van der Waals surface area contributed by atoms with Gasteiger partial charge in [0.05, 0.1) is 62.8 Å². The van der Waals surface area contributed by atoms with E-state index in [0.29, 0.717) is 22.5 Å². The molecule has 9 heteroatoms. The van der Waals surface area contributed by atoms with Crippen LogP contribution in [-0.2, 0) is 6.18 Å². The lowest BCUT2D eigenvalue weighted by Crippen LogP contribution is -2.08. The molecule has 0 radical (unpaired) electrons. The molecular weight excluding hydrogens is 874 g/mol. The maximum Gasteiger partial charge on any atom is 0.415 e. The van der Waals surface area contributed by atoms with Crippen LogP contribution in [0, 0.1) is 17.9 Å². The van der Waals surface area contributed by atoms with E-state index in [1.165, 1.54) is 6.07 Å². The van der Waals surface area contributed by atoms with Crippen LogP contribution in [0.2, 0.25) is 0 Å². The zero-order valence-corrected chi connectivity index (χ0v) is 37.0. The Balaban J connectivity index is 1.16. The normalized spacial score (nSPS) is 11.6. The number of hydrogen-bond donors (Lipinski definition) is 0. The molecule has 330 valence electrons. The lowest BCUT2D eigenvalue weighted by atomic mass is 9.96. The van der Waals surface area contributed by atoms with Crippen LogP contribution in [0.5, 0.6) is 0 Å². The van der Waals surface area contributed by atoms with Gasteiger partial charge in [-0.05, 0) is 78.4 Å². The predicted octanol–water partition coefficient (Wildman–Crippen LogP) is 16.4. The van der Waals surface area contributed by atoms with Gasteiger partial charge in [0.2, 0.25) is 0 Å². The van der Waals surface area contributed by atoms with E-state index in [1.807, 2.05) is 168 Å². The topological polar surface area (TPSA) is 63.8 Å². The number of aromatic nitrogens is 4. The van der Waals surface area contributed by atoms with Gasteiger partial charge in [-0.1, -0.05) is 140 Å². The van der Waals surface area contributed by atoms with E-state index in [4.69, 9.17) is 16.5 Å². The molecule has 0 amide bonds. The summed E-state index contributed by atoms with van der Waals surface area (Å²) in [5, 5.41) is 15.4. The number of nitriles is 1. The van der Waals surface area contributed by atoms with E-state index in [1.54, 1.807) is 12.1 Å². The molecule has 0 fully saturated rings. The zero-order valence-electron chi connectivity index (χ0n) is 37.0. The minimum absolute atomic E-state index is 0.145. The van der Waals surface area contributed by atoms with Crippen LogP contribution < -0.4 is 0 Å². The number of benzene rings is 8. The van der Waals surface area contributed by atoms with E-state index >= 15 is 0 Å². The SMILES string of the molecule is [C-]#[N+]c1cc(-c2ccc(-n3c4ccccc4c4ccc(-c5cccc(-c6ccccc6)n5)cc43)c(C#N)c2-n2c3ccccc3c3ccc(-c4cccc(-c5ccccc5)n4)cc32)cc(C(F)(F)F)c1. The molecule has 0 aliphatic rings. The van der Waals surface area contributed by atoms with Crippen molar-refractivity contribution in [3.05, 3.63) is 235 Å². The summed E-state index contributed by atoms with van der Waals surface area (Å²) in [5.74, 6) is 0. The van der Waals surface area contributed by atoms with Gasteiger partial charge in [0.1, 0.15) is 11.6 Å². The summed E-state index contributed by atoms with van der Waals surface area (Å²) >= 11 is 0. The molecule has 0 aliphatic heterocycles. The predicted molar refractivity (Wildman–Crippen MR) is 274 cm³/mol. The molecule has 4 aromatic heterocycles. The molecule has 70 heavy (non-hydrogen) atoms. The van der Waals surface area contributed by atoms with Crippen LogP contribution in [0.4, 0.5) is 18.9 Å². The Kier molecular flexibility index (Phi) is 9.94. The van der Waals surface area contributed by atoms with Crippen molar-refractivity contribution < 1.29 is 13.2 Å². The highest BCUT2D eigenvalue weighted by molar-refractivity contribution is 6.12. The summed E-state index contributed by atoms with van der Waals surface area (Å²) < 4.78 is 48.2. The van der Waals surface area contributed by atoms with Crippen molar-refractivity contribution in [1.82, 2.24) is 19.1 Å². The maximum absolute atomic E-state index is 14.7. The number of hydrogen-bond acceptors (Lipinski definition) is 3. The highest BCUT2D eigenvalue weighted by Crippen LogP contribution is 2.45. The molecule has 0 saturated carbocycles. The average molecular weight is 909 g/mol. The van der Waals surface area contributed by atoms with Crippen molar-refractivity contribution >= 4 is 49.3 Å². The van der Waals surface area contributed by atoms with Gasteiger partial charge in [-0.15, -0.1) is 0 Å². The molecule has 6 nitrogen and oxygen atoms in total. The van der Waals surface area contributed by atoms with E-state index < -0.39 is 11.7 Å². The fourth-order valence-corrected chi connectivity index (χ4v) is 9.83. The molecule has 0 N–H and O–H groups in total. The van der Waals surface area contributed by atoms with Crippen molar-refractivity contribution in [3.63, 3.8) is 0 Å². The first-order chi connectivity index (χ1) is 34.2. The first-order valence-corrected chi connectivity index (χ1v) is 22.6. The largest absolute Gasteiger partial charge is 0.415 e. The van der Waals surface area contributed by atoms with Crippen LogP contribution >= 0.6 is 0 Å². The Hall–Kier alpha value is -9.57. The number of fused-ring (bicyclic) bond motifs is 6. The van der Waals surface area contributed by atoms with Crippen molar-refractivity contribution in [3.8, 4) is 73.6 Å². The monoisotopic (exact) mass is 908 g/mol. The van der Waals surface area contributed by atoms with E-state index in [2.05, 4.69) is 33.7 Å². The van der Waals surface area contributed by atoms with E-state index in [0.717, 1.165) is 95.3 Å². The van der Waals surface area contributed by atoms with Gasteiger partial charge in [-0.2, -0.15) is 18.4 Å². The van der Waals surface area contributed by atoms with Crippen LogP contribution in [0.25, 0.3) is 116 Å². The summed E-state index contributed by atoms with van der Waals surface area (Å²) in [6.45, 7) is 7.87. The number of halogens is 3. The van der Waals surface area contributed by atoms with Crippen molar-refractivity contribution in [1.29, 1.82) is 5.26 Å². The summed E-state index contributed by atoms with van der Waals surface area (Å²) in [6.07, 6.45) is -4.74. The van der Waals surface area contributed by atoms with Gasteiger partial charge >= 0.3 is 6.18 Å². The third kappa shape index (κ3) is 7.04. The maximum atomic E-state index is 14.7. The van der Waals surface area contributed by atoms with Crippen molar-refractivity contribution in [2.75, 3.05) is 0 Å². The molecule has 0 spiro atoms. The van der Waals surface area contributed by atoms with Gasteiger partial charge in [-0.3, -0.25) is 0 Å². The summed E-state index contributed by atoms with van der Waals surface area (Å²) in [5.41, 5.74) is 10.3. The lowest BCUT2D eigenvalue weighted by Gasteiger charge is -2.21. The molecule has 0 atom stereocenters. The van der Waals surface area contributed by atoms with Crippen LogP contribution in [-0.4, -0.2) is 19.1 Å². The number of para-hydroxylation sites is 2. The second kappa shape index (κ2) is 16.6. The molecular formula is C61H35F3N6. The minimum Gasteiger partial charge on any atom is -0.308 e. The van der Waals surface area contributed by atoms with Crippen molar-refractivity contribution in [2.45, 2.75) is 6.18 Å². The lowest BCUT2D eigenvalue weighted by molar-refractivity contribution is -0.137. The number of alkyl halides is 3. The molecule has 0 unspecified atom stereocenters. The molecule has 0 aliphatic carbocycles. The average Bonchev–Trinajstić information content (AvgIpc) is 3.92. The second-order valence-electron chi connectivity index (χ2n) is 17.1. The van der Waals surface area contributed by atoms with Gasteiger partial charge in [0.25, 0.3) is 0 Å². The number of rotatable bonds is 7. The Morgan fingerprint density at radius 3 is 1.46 bits per heavy atom. The zero-order chi connectivity index (χ0) is 47.5. The molecule has 12 rings (SSSR count).